The van der Waals surface area contributed by atoms with Gasteiger partial charge in [0.1, 0.15) is 12.1 Å². The van der Waals surface area contributed by atoms with Crippen molar-refractivity contribution in [2.75, 3.05) is 12.0 Å². The van der Waals surface area contributed by atoms with Gasteiger partial charge in [-0.15, -0.1) is 0 Å². The van der Waals surface area contributed by atoms with Crippen LogP contribution in [0.25, 0.3) is 11.0 Å². The minimum atomic E-state index is -0.348. The number of aromatic nitrogens is 2. The van der Waals surface area contributed by atoms with Gasteiger partial charge in [-0.05, 0) is 37.5 Å². The number of imidazole rings is 1. The van der Waals surface area contributed by atoms with Gasteiger partial charge < -0.3 is 14.1 Å². The molecule has 4 rings (SSSR count). The summed E-state index contributed by atoms with van der Waals surface area (Å²) < 4.78 is 7.05. The fourth-order valence-corrected chi connectivity index (χ4v) is 4.24. The molecule has 3 aromatic rings. The van der Waals surface area contributed by atoms with Crippen LogP contribution in [0.5, 0.6) is 0 Å². The van der Waals surface area contributed by atoms with Crippen molar-refractivity contribution < 1.29 is 14.3 Å². The number of fused-ring (bicyclic) bond motifs is 3. The molecule has 150 valence electrons. The highest BCUT2D eigenvalue weighted by molar-refractivity contribution is 5.95. The van der Waals surface area contributed by atoms with E-state index in [4.69, 9.17) is 9.72 Å². The molecule has 0 bridgehead atoms. The van der Waals surface area contributed by atoms with Crippen LogP contribution in [0.1, 0.15) is 36.2 Å². The number of amides is 1. The van der Waals surface area contributed by atoms with Gasteiger partial charge in [0.2, 0.25) is 0 Å². The minimum Gasteiger partial charge on any atom is -0.452 e. The number of anilines is 1. The lowest BCUT2D eigenvalue weighted by Crippen LogP contribution is -2.42. The molecule has 6 heteroatoms. The zero-order valence-corrected chi connectivity index (χ0v) is 17.0. The maximum atomic E-state index is 12.3. The topological polar surface area (TPSA) is 64.4 Å². The molecule has 1 amide bonds. The molecule has 1 aromatic heterocycles. The largest absolute Gasteiger partial charge is 0.452 e. The van der Waals surface area contributed by atoms with Gasteiger partial charge in [-0.3, -0.25) is 4.90 Å². The predicted molar refractivity (Wildman–Crippen MR) is 112 cm³/mol. The van der Waals surface area contributed by atoms with E-state index in [1.807, 2.05) is 56.4 Å². The summed E-state index contributed by atoms with van der Waals surface area (Å²) in [6.07, 6.45) is 2.89. The average Bonchev–Trinajstić information content (AvgIpc) is 3.07. The van der Waals surface area contributed by atoms with E-state index in [0.29, 0.717) is 6.42 Å². The predicted octanol–water partition coefficient (Wildman–Crippen LogP) is 4.01. The Labute approximate surface area is 170 Å². The van der Waals surface area contributed by atoms with Crippen LogP contribution in [0, 0.1) is 0 Å². The Balaban J connectivity index is 1.76. The zero-order chi connectivity index (χ0) is 20.5. The lowest BCUT2D eigenvalue weighted by atomic mass is 9.96. The second kappa shape index (κ2) is 7.70. The van der Waals surface area contributed by atoms with Crippen molar-refractivity contribution in [1.82, 2.24) is 9.55 Å². The number of rotatable bonds is 4. The zero-order valence-electron chi connectivity index (χ0n) is 17.0. The maximum Gasteiger partial charge on any atom is 0.414 e. The van der Waals surface area contributed by atoms with Gasteiger partial charge in [0.25, 0.3) is 0 Å². The Kier molecular flexibility index (Phi) is 5.09. The van der Waals surface area contributed by atoms with Crippen LogP contribution in [-0.4, -0.2) is 35.1 Å². The molecule has 2 atom stereocenters. The molecule has 1 aliphatic heterocycles. The quantitative estimate of drug-likeness (QED) is 0.631. The fourth-order valence-electron chi connectivity index (χ4n) is 4.24. The molecule has 0 aliphatic carbocycles. The summed E-state index contributed by atoms with van der Waals surface area (Å²) in [5, 5.41) is 0. The standard InChI is InChI=1S/C23H25N3O3/c1-15-9-10-18-19(26(15)23(28)29-3)11-12-20-22(18)24-21(25(20)2)13-17(14-27)16-7-5-4-6-8-16/h4-8,11-12,14-15,17H,9-10,13H2,1-3H3. The smallest absolute Gasteiger partial charge is 0.414 e. The van der Waals surface area contributed by atoms with Gasteiger partial charge in [0, 0.05) is 31.0 Å². The van der Waals surface area contributed by atoms with E-state index in [1.54, 1.807) is 4.90 Å². The molecule has 1 aliphatic rings. The molecule has 6 nitrogen and oxygen atoms in total. The van der Waals surface area contributed by atoms with Crippen molar-refractivity contribution in [1.29, 1.82) is 0 Å². The Morgan fingerprint density at radius 2 is 2.03 bits per heavy atom. The molecule has 2 heterocycles. The van der Waals surface area contributed by atoms with Gasteiger partial charge in [-0.25, -0.2) is 9.78 Å². The number of methoxy groups -OCH3 is 1. The summed E-state index contributed by atoms with van der Waals surface area (Å²) in [6, 6.07) is 13.8. The van der Waals surface area contributed by atoms with Crippen molar-refractivity contribution in [2.45, 2.75) is 38.1 Å². The first-order valence-corrected chi connectivity index (χ1v) is 9.89. The van der Waals surface area contributed by atoms with E-state index in [2.05, 4.69) is 4.57 Å². The van der Waals surface area contributed by atoms with Gasteiger partial charge in [-0.1, -0.05) is 30.3 Å². The van der Waals surface area contributed by atoms with Crippen LogP contribution in [0.4, 0.5) is 10.5 Å². The van der Waals surface area contributed by atoms with E-state index < -0.39 is 0 Å². The lowest BCUT2D eigenvalue weighted by Gasteiger charge is -2.34. The van der Waals surface area contributed by atoms with Crippen LogP contribution in [0.3, 0.4) is 0 Å². The monoisotopic (exact) mass is 391 g/mol. The third-order valence-electron chi connectivity index (χ3n) is 5.90. The number of carbonyl (C=O) groups excluding carboxylic acids is 2. The number of benzene rings is 2. The molecule has 0 radical (unpaired) electrons. The summed E-state index contributed by atoms with van der Waals surface area (Å²) in [6.45, 7) is 2.03. The molecule has 0 N–H and O–H groups in total. The van der Waals surface area contributed by atoms with Crippen LogP contribution in [-0.2, 0) is 29.4 Å². The molecule has 0 spiro atoms. The number of ether oxygens (including phenoxy) is 1. The second-order valence-electron chi connectivity index (χ2n) is 7.60. The molecule has 0 saturated carbocycles. The minimum absolute atomic E-state index is 0.0770. The highest BCUT2D eigenvalue weighted by Gasteiger charge is 2.31. The Morgan fingerprint density at radius 3 is 2.72 bits per heavy atom. The number of nitrogens with zero attached hydrogens (tertiary/aromatic N) is 3. The third-order valence-corrected chi connectivity index (χ3v) is 5.90. The number of hydrogen-bond donors (Lipinski definition) is 0. The van der Waals surface area contributed by atoms with Crippen molar-refractivity contribution in [3.05, 3.63) is 59.4 Å². The summed E-state index contributed by atoms with van der Waals surface area (Å²) in [4.78, 5) is 30.7. The van der Waals surface area contributed by atoms with E-state index in [0.717, 1.165) is 52.8 Å². The lowest BCUT2D eigenvalue weighted by molar-refractivity contribution is -0.109. The number of carbonyl (C=O) groups is 2. The van der Waals surface area contributed by atoms with E-state index in [-0.39, 0.29) is 18.1 Å². The molecular weight excluding hydrogens is 366 g/mol. The number of hydrogen-bond acceptors (Lipinski definition) is 4. The Morgan fingerprint density at radius 1 is 1.28 bits per heavy atom. The van der Waals surface area contributed by atoms with Gasteiger partial charge in [-0.2, -0.15) is 0 Å². The van der Waals surface area contributed by atoms with Crippen LogP contribution in [0.2, 0.25) is 0 Å². The summed E-state index contributed by atoms with van der Waals surface area (Å²) in [5.74, 6) is 0.617. The molecule has 0 saturated heterocycles. The summed E-state index contributed by atoms with van der Waals surface area (Å²) in [5.41, 5.74) is 4.83. The first-order valence-electron chi connectivity index (χ1n) is 9.89. The molecule has 29 heavy (non-hydrogen) atoms. The van der Waals surface area contributed by atoms with Crippen molar-refractivity contribution in [3.63, 3.8) is 0 Å². The van der Waals surface area contributed by atoms with Gasteiger partial charge in [0.15, 0.2) is 0 Å². The van der Waals surface area contributed by atoms with E-state index in [1.165, 1.54) is 7.11 Å². The SMILES string of the molecule is COC(=O)N1c2ccc3c(nc(CC(C=O)c4ccccc4)n3C)c2CCC1C. The molecule has 2 aromatic carbocycles. The second-order valence-corrected chi connectivity index (χ2v) is 7.60. The van der Waals surface area contributed by atoms with Gasteiger partial charge in [0.05, 0.1) is 23.8 Å². The summed E-state index contributed by atoms with van der Waals surface area (Å²) in [7, 11) is 3.39. The van der Waals surface area contributed by atoms with E-state index in [9.17, 15) is 9.59 Å². The fraction of sp³-hybridized carbons (Fsp3) is 0.348. The average molecular weight is 391 g/mol. The molecule has 0 fully saturated rings. The highest BCUT2D eigenvalue weighted by Crippen LogP contribution is 2.36. The Hall–Kier alpha value is -3.15. The summed E-state index contributed by atoms with van der Waals surface area (Å²) >= 11 is 0. The Bertz CT molecular complexity index is 1060. The van der Waals surface area contributed by atoms with Crippen molar-refractivity contribution in [3.8, 4) is 0 Å². The van der Waals surface area contributed by atoms with Crippen molar-refractivity contribution in [2.24, 2.45) is 7.05 Å². The highest BCUT2D eigenvalue weighted by atomic mass is 16.5. The molecular formula is C23H25N3O3. The first kappa shape index (κ1) is 19.2. The van der Waals surface area contributed by atoms with Crippen LogP contribution < -0.4 is 4.90 Å². The number of aryl methyl sites for hydroxylation is 2. The molecule has 2 unspecified atom stereocenters. The maximum absolute atomic E-state index is 12.3. The number of aldehydes is 1. The first-order chi connectivity index (χ1) is 14.0. The van der Waals surface area contributed by atoms with Crippen molar-refractivity contribution >= 4 is 29.1 Å². The van der Waals surface area contributed by atoms with Crippen LogP contribution >= 0.6 is 0 Å². The van der Waals surface area contributed by atoms with Gasteiger partial charge >= 0.3 is 6.09 Å². The van der Waals surface area contributed by atoms with Crippen LogP contribution in [0.15, 0.2) is 42.5 Å². The normalized spacial score (nSPS) is 17.1. The van der Waals surface area contributed by atoms with E-state index >= 15 is 0 Å². The third kappa shape index (κ3) is 3.28.